The van der Waals surface area contributed by atoms with E-state index in [9.17, 15) is 0 Å². The van der Waals surface area contributed by atoms with E-state index in [0.717, 1.165) is 19.1 Å². The number of piperazine rings is 1. The molecule has 21 heavy (non-hydrogen) atoms. The van der Waals surface area contributed by atoms with E-state index >= 15 is 0 Å². The zero-order valence-electron chi connectivity index (χ0n) is 13.1. The SMILES string of the molecule is CC1CN2CCCCC2CN1C1CNCc2ccccc21. The molecule has 1 N–H and O–H groups in total. The van der Waals surface area contributed by atoms with E-state index in [0.29, 0.717) is 12.1 Å². The molecule has 4 rings (SSSR count). The van der Waals surface area contributed by atoms with Gasteiger partial charge in [-0.05, 0) is 37.4 Å². The molecule has 0 aliphatic carbocycles. The zero-order valence-corrected chi connectivity index (χ0v) is 13.1. The molecule has 1 aromatic rings. The van der Waals surface area contributed by atoms with Crippen LogP contribution < -0.4 is 5.32 Å². The van der Waals surface area contributed by atoms with Crippen molar-refractivity contribution in [1.82, 2.24) is 15.1 Å². The zero-order chi connectivity index (χ0) is 14.2. The van der Waals surface area contributed by atoms with Crippen LogP contribution in [0, 0.1) is 0 Å². The Morgan fingerprint density at radius 3 is 3.00 bits per heavy atom. The topological polar surface area (TPSA) is 18.5 Å². The normalized spacial score (nSPS) is 34.2. The van der Waals surface area contributed by atoms with Crippen LogP contribution in [-0.4, -0.2) is 48.1 Å². The minimum Gasteiger partial charge on any atom is -0.311 e. The highest BCUT2D eigenvalue weighted by molar-refractivity contribution is 5.32. The van der Waals surface area contributed by atoms with E-state index in [4.69, 9.17) is 0 Å². The lowest BCUT2D eigenvalue weighted by atomic mass is 9.91. The number of hydrogen-bond acceptors (Lipinski definition) is 3. The number of benzene rings is 1. The standard InChI is InChI=1S/C18H27N3/c1-14-12-20-9-5-4-7-16(20)13-21(14)18-11-19-10-15-6-2-3-8-17(15)18/h2-3,6,8,14,16,18-19H,4-5,7,9-13H2,1H3. The fourth-order valence-corrected chi connectivity index (χ4v) is 4.58. The number of nitrogens with one attached hydrogen (secondary N) is 1. The van der Waals surface area contributed by atoms with Crippen LogP contribution in [0.2, 0.25) is 0 Å². The predicted octanol–water partition coefficient (Wildman–Crippen LogP) is 2.39. The van der Waals surface area contributed by atoms with Crippen molar-refractivity contribution < 1.29 is 0 Å². The van der Waals surface area contributed by atoms with Gasteiger partial charge in [-0.25, -0.2) is 0 Å². The number of fused-ring (bicyclic) bond motifs is 2. The lowest BCUT2D eigenvalue weighted by Gasteiger charge is -2.51. The fraction of sp³-hybridized carbons (Fsp3) is 0.667. The summed E-state index contributed by atoms with van der Waals surface area (Å²) < 4.78 is 0. The maximum atomic E-state index is 3.63. The van der Waals surface area contributed by atoms with Crippen molar-refractivity contribution >= 4 is 0 Å². The van der Waals surface area contributed by atoms with Gasteiger partial charge in [0.1, 0.15) is 0 Å². The van der Waals surface area contributed by atoms with Crippen LogP contribution in [0.4, 0.5) is 0 Å². The summed E-state index contributed by atoms with van der Waals surface area (Å²) in [5.74, 6) is 0. The number of hydrogen-bond donors (Lipinski definition) is 1. The molecule has 0 spiro atoms. The highest BCUT2D eigenvalue weighted by Crippen LogP contribution is 2.33. The van der Waals surface area contributed by atoms with Crippen LogP contribution in [-0.2, 0) is 6.54 Å². The molecule has 3 aliphatic rings. The first kappa shape index (κ1) is 13.7. The summed E-state index contributed by atoms with van der Waals surface area (Å²) in [5.41, 5.74) is 3.05. The first-order chi connectivity index (χ1) is 10.3. The second kappa shape index (κ2) is 5.71. The second-order valence-corrected chi connectivity index (χ2v) is 7.04. The third-order valence-corrected chi connectivity index (χ3v) is 5.70. The van der Waals surface area contributed by atoms with Crippen molar-refractivity contribution in [2.75, 3.05) is 26.2 Å². The van der Waals surface area contributed by atoms with Crippen LogP contribution in [0.3, 0.4) is 0 Å². The van der Waals surface area contributed by atoms with E-state index in [1.807, 2.05) is 0 Å². The predicted molar refractivity (Wildman–Crippen MR) is 86.3 cm³/mol. The molecule has 0 bridgehead atoms. The van der Waals surface area contributed by atoms with Crippen molar-refractivity contribution in [3.8, 4) is 0 Å². The Morgan fingerprint density at radius 1 is 1.14 bits per heavy atom. The Bertz CT molecular complexity index is 501. The molecule has 0 aromatic heterocycles. The van der Waals surface area contributed by atoms with Gasteiger partial charge < -0.3 is 5.32 Å². The molecule has 0 saturated carbocycles. The van der Waals surface area contributed by atoms with Crippen molar-refractivity contribution in [3.63, 3.8) is 0 Å². The molecule has 0 amide bonds. The minimum atomic E-state index is 0.564. The van der Waals surface area contributed by atoms with E-state index < -0.39 is 0 Å². The maximum Gasteiger partial charge on any atom is 0.0480 e. The smallest absolute Gasteiger partial charge is 0.0480 e. The molecular weight excluding hydrogens is 258 g/mol. The Kier molecular flexibility index (Phi) is 3.74. The van der Waals surface area contributed by atoms with Gasteiger partial charge in [-0.1, -0.05) is 30.7 Å². The summed E-state index contributed by atoms with van der Waals surface area (Å²) in [6.07, 6.45) is 4.21. The Morgan fingerprint density at radius 2 is 2.05 bits per heavy atom. The molecule has 3 heteroatoms. The Hall–Kier alpha value is -0.900. The number of rotatable bonds is 1. The third-order valence-electron chi connectivity index (χ3n) is 5.70. The first-order valence-electron chi connectivity index (χ1n) is 8.61. The molecule has 3 nitrogen and oxygen atoms in total. The van der Waals surface area contributed by atoms with Gasteiger partial charge in [-0.15, -0.1) is 0 Å². The second-order valence-electron chi connectivity index (χ2n) is 7.04. The third kappa shape index (κ3) is 2.52. The fourth-order valence-electron chi connectivity index (χ4n) is 4.58. The van der Waals surface area contributed by atoms with Crippen LogP contribution >= 0.6 is 0 Å². The summed E-state index contributed by atoms with van der Waals surface area (Å²) >= 11 is 0. The van der Waals surface area contributed by atoms with Crippen molar-refractivity contribution in [2.24, 2.45) is 0 Å². The Balaban J connectivity index is 1.58. The molecule has 2 saturated heterocycles. The molecule has 114 valence electrons. The first-order valence-corrected chi connectivity index (χ1v) is 8.61. The van der Waals surface area contributed by atoms with Crippen molar-refractivity contribution in [1.29, 1.82) is 0 Å². The summed E-state index contributed by atoms with van der Waals surface area (Å²) in [7, 11) is 0. The van der Waals surface area contributed by atoms with E-state index in [1.54, 1.807) is 5.56 Å². The van der Waals surface area contributed by atoms with Gasteiger partial charge in [0.15, 0.2) is 0 Å². The molecule has 1 aromatic carbocycles. The largest absolute Gasteiger partial charge is 0.311 e. The summed E-state index contributed by atoms with van der Waals surface area (Å²) in [5, 5.41) is 3.63. The van der Waals surface area contributed by atoms with Crippen molar-refractivity contribution in [3.05, 3.63) is 35.4 Å². The van der Waals surface area contributed by atoms with Gasteiger partial charge in [0.05, 0.1) is 0 Å². The summed E-state index contributed by atoms with van der Waals surface area (Å²) in [6, 6.07) is 11.0. The maximum absolute atomic E-state index is 3.63. The van der Waals surface area contributed by atoms with Gasteiger partial charge >= 0.3 is 0 Å². The molecule has 3 aliphatic heterocycles. The highest BCUT2D eigenvalue weighted by Gasteiger charge is 2.37. The monoisotopic (exact) mass is 285 g/mol. The molecule has 3 atom stereocenters. The summed E-state index contributed by atoms with van der Waals surface area (Å²) in [6.45, 7) is 8.38. The van der Waals surface area contributed by atoms with Crippen LogP contribution in [0.1, 0.15) is 43.4 Å². The van der Waals surface area contributed by atoms with Crippen LogP contribution in [0.5, 0.6) is 0 Å². The van der Waals surface area contributed by atoms with Gasteiger partial charge in [0.25, 0.3) is 0 Å². The van der Waals surface area contributed by atoms with Gasteiger partial charge in [-0.3, -0.25) is 9.80 Å². The van der Waals surface area contributed by atoms with Crippen LogP contribution in [0.25, 0.3) is 0 Å². The molecule has 3 heterocycles. The van der Waals surface area contributed by atoms with E-state index in [-0.39, 0.29) is 0 Å². The molecular formula is C18H27N3. The Labute approximate surface area is 128 Å². The molecule has 3 unspecified atom stereocenters. The molecule has 2 fully saturated rings. The number of nitrogens with zero attached hydrogens (tertiary/aromatic N) is 2. The lowest BCUT2D eigenvalue weighted by Crippen LogP contribution is -2.60. The van der Waals surface area contributed by atoms with Crippen molar-refractivity contribution in [2.45, 2.75) is 50.9 Å². The van der Waals surface area contributed by atoms with Gasteiger partial charge in [0.2, 0.25) is 0 Å². The van der Waals surface area contributed by atoms with E-state index in [2.05, 4.69) is 46.3 Å². The minimum absolute atomic E-state index is 0.564. The lowest BCUT2D eigenvalue weighted by molar-refractivity contribution is -0.00997. The van der Waals surface area contributed by atoms with E-state index in [1.165, 1.54) is 44.5 Å². The molecule has 0 radical (unpaired) electrons. The quantitative estimate of drug-likeness (QED) is 0.855. The average molecular weight is 285 g/mol. The van der Waals surface area contributed by atoms with Gasteiger partial charge in [-0.2, -0.15) is 0 Å². The average Bonchev–Trinajstić information content (AvgIpc) is 2.54. The highest BCUT2D eigenvalue weighted by atomic mass is 15.3. The van der Waals surface area contributed by atoms with Gasteiger partial charge in [0, 0.05) is 44.3 Å². The summed E-state index contributed by atoms with van der Waals surface area (Å²) in [4.78, 5) is 5.52. The number of piperidine rings is 1. The van der Waals surface area contributed by atoms with Crippen LogP contribution in [0.15, 0.2) is 24.3 Å².